The van der Waals surface area contributed by atoms with Gasteiger partial charge in [0.05, 0.1) is 6.20 Å². The monoisotopic (exact) mass is 256 g/mol. The van der Waals surface area contributed by atoms with E-state index in [4.69, 9.17) is 4.74 Å². The molecule has 1 aromatic heterocycles. The lowest BCUT2D eigenvalue weighted by Crippen LogP contribution is -2.05. The van der Waals surface area contributed by atoms with Gasteiger partial charge in [0.15, 0.2) is 0 Å². The molecule has 0 fully saturated rings. The standard InChI is InChI=1S/C16H20N2O/c1-12(2)14-5-4-6-15(8-14)19-16-7-13(9-17-3)10-18-11-16/h4-8,10-12,17H,9H2,1-3H3. The molecule has 3 nitrogen and oxygen atoms in total. The van der Waals surface area contributed by atoms with Gasteiger partial charge in [-0.05, 0) is 42.3 Å². The van der Waals surface area contributed by atoms with Crippen LogP contribution in [0.1, 0.15) is 30.9 Å². The van der Waals surface area contributed by atoms with Crippen molar-refractivity contribution in [3.05, 3.63) is 53.9 Å². The smallest absolute Gasteiger partial charge is 0.146 e. The van der Waals surface area contributed by atoms with Gasteiger partial charge in [-0.3, -0.25) is 4.98 Å². The van der Waals surface area contributed by atoms with Crippen LogP contribution in [0.15, 0.2) is 42.7 Å². The van der Waals surface area contributed by atoms with Crippen LogP contribution in [0.3, 0.4) is 0 Å². The lowest BCUT2D eigenvalue weighted by molar-refractivity contribution is 0.478. The molecule has 3 heteroatoms. The fraction of sp³-hybridized carbons (Fsp3) is 0.312. The van der Waals surface area contributed by atoms with Gasteiger partial charge in [0.25, 0.3) is 0 Å². The van der Waals surface area contributed by atoms with Crippen LogP contribution in [0.2, 0.25) is 0 Å². The summed E-state index contributed by atoms with van der Waals surface area (Å²) in [6.07, 6.45) is 3.58. The number of hydrogen-bond donors (Lipinski definition) is 1. The zero-order valence-corrected chi connectivity index (χ0v) is 11.7. The van der Waals surface area contributed by atoms with Gasteiger partial charge in [-0.2, -0.15) is 0 Å². The van der Waals surface area contributed by atoms with E-state index < -0.39 is 0 Å². The van der Waals surface area contributed by atoms with Crippen molar-refractivity contribution in [1.29, 1.82) is 0 Å². The van der Waals surface area contributed by atoms with Crippen LogP contribution >= 0.6 is 0 Å². The van der Waals surface area contributed by atoms with Crippen LogP contribution in [0.25, 0.3) is 0 Å². The molecule has 2 rings (SSSR count). The average molecular weight is 256 g/mol. The van der Waals surface area contributed by atoms with E-state index >= 15 is 0 Å². The van der Waals surface area contributed by atoms with E-state index in [9.17, 15) is 0 Å². The minimum absolute atomic E-state index is 0.498. The highest BCUT2D eigenvalue weighted by molar-refractivity contribution is 5.35. The Balaban J connectivity index is 2.16. The summed E-state index contributed by atoms with van der Waals surface area (Å²) >= 11 is 0. The van der Waals surface area contributed by atoms with Gasteiger partial charge in [-0.25, -0.2) is 0 Å². The van der Waals surface area contributed by atoms with Crippen LogP contribution in [-0.4, -0.2) is 12.0 Å². The van der Waals surface area contributed by atoms with Crippen molar-refractivity contribution >= 4 is 0 Å². The minimum Gasteiger partial charge on any atom is -0.456 e. The second-order valence-corrected chi connectivity index (χ2v) is 4.89. The molecule has 0 aliphatic carbocycles. The molecular weight excluding hydrogens is 236 g/mol. The van der Waals surface area contributed by atoms with Crippen LogP contribution in [0, 0.1) is 0 Å². The van der Waals surface area contributed by atoms with E-state index in [1.807, 2.05) is 31.4 Å². The van der Waals surface area contributed by atoms with E-state index in [1.54, 1.807) is 6.20 Å². The van der Waals surface area contributed by atoms with Crippen LogP contribution in [0.5, 0.6) is 11.5 Å². The molecule has 0 aliphatic rings. The first-order valence-electron chi connectivity index (χ1n) is 6.55. The first-order chi connectivity index (χ1) is 9.19. The predicted molar refractivity (Wildman–Crippen MR) is 77.6 cm³/mol. The lowest BCUT2D eigenvalue weighted by Gasteiger charge is -2.10. The quantitative estimate of drug-likeness (QED) is 0.885. The third-order valence-electron chi connectivity index (χ3n) is 2.91. The van der Waals surface area contributed by atoms with E-state index in [0.29, 0.717) is 5.92 Å². The molecule has 0 saturated heterocycles. The van der Waals surface area contributed by atoms with Gasteiger partial charge in [0.1, 0.15) is 11.5 Å². The highest BCUT2D eigenvalue weighted by atomic mass is 16.5. The van der Waals surface area contributed by atoms with Crippen LogP contribution in [0.4, 0.5) is 0 Å². The first-order valence-corrected chi connectivity index (χ1v) is 6.55. The Morgan fingerprint density at radius 2 is 2.00 bits per heavy atom. The Kier molecular flexibility index (Phi) is 4.53. The molecule has 100 valence electrons. The van der Waals surface area contributed by atoms with Gasteiger partial charge in [-0.1, -0.05) is 26.0 Å². The Bertz CT molecular complexity index is 538. The third-order valence-corrected chi connectivity index (χ3v) is 2.91. The Labute approximate surface area is 114 Å². The zero-order chi connectivity index (χ0) is 13.7. The SMILES string of the molecule is CNCc1cncc(Oc2cccc(C(C)C)c2)c1. The summed E-state index contributed by atoms with van der Waals surface area (Å²) in [5.74, 6) is 2.13. The molecule has 0 atom stereocenters. The molecule has 0 amide bonds. The molecule has 0 bridgehead atoms. The zero-order valence-electron chi connectivity index (χ0n) is 11.7. The minimum atomic E-state index is 0.498. The molecule has 1 N–H and O–H groups in total. The molecule has 0 aliphatic heterocycles. The molecule has 0 unspecified atom stereocenters. The maximum absolute atomic E-state index is 5.87. The summed E-state index contributed by atoms with van der Waals surface area (Å²) in [4.78, 5) is 4.19. The summed E-state index contributed by atoms with van der Waals surface area (Å²) in [5, 5.41) is 3.10. The van der Waals surface area contributed by atoms with Crippen molar-refractivity contribution in [1.82, 2.24) is 10.3 Å². The molecule has 2 aromatic rings. The molecule has 19 heavy (non-hydrogen) atoms. The van der Waals surface area contributed by atoms with E-state index in [1.165, 1.54) is 5.56 Å². The number of nitrogens with zero attached hydrogens (tertiary/aromatic N) is 1. The normalized spacial score (nSPS) is 10.7. The number of rotatable bonds is 5. The number of nitrogens with one attached hydrogen (secondary N) is 1. The number of pyridine rings is 1. The van der Waals surface area contributed by atoms with Crippen molar-refractivity contribution in [3.8, 4) is 11.5 Å². The molecular formula is C16H20N2O. The van der Waals surface area contributed by atoms with Crippen LogP contribution in [-0.2, 0) is 6.54 Å². The molecule has 1 aromatic carbocycles. The largest absolute Gasteiger partial charge is 0.456 e. The van der Waals surface area contributed by atoms with Crippen molar-refractivity contribution in [2.24, 2.45) is 0 Å². The van der Waals surface area contributed by atoms with Crippen molar-refractivity contribution in [2.75, 3.05) is 7.05 Å². The fourth-order valence-electron chi connectivity index (χ4n) is 1.89. The second-order valence-electron chi connectivity index (χ2n) is 4.89. The summed E-state index contributed by atoms with van der Waals surface area (Å²) in [5.41, 5.74) is 2.39. The summed E-state index contributed by atoms with van der Waals surface area (Å²) in [7, 11) is 1.92. The molecule has 0 radical (unpaired) electrons. The maximum atomic E-state index is 5.87. The average Bonchev–Trinajstić information content (AvgIpc) is 2.40. The summed E-state index contributed by atoms with van der Waals surface area (Å²) in [6, 6.07) is 10.2. The molecule has 0 spiro atoms. The Morgan fingerprint density at radius 1 is 1.16 bits per heavy atom. The third kappa shape index (κ3) is 3.80. The fourth-order valence-corrected chi connectivity index (χ4v) is 1.89. The van der Waals surface area contributed by atoms with Gasteiger partial charge in [0.2, 0.25) is 0 Å². The topological polar surface area (TPSA) is 34.2 Å². The van der Waals surface area contributed by atoms with Crippen molar-refractivity contribution in [3.63, 3.8) is 0 Å². The second kappa shape index (κ2) is 6.34. The lowest BCUT2D eigenvalue weighted by atomic mass is 10.0. The molecule has 1 heterocycles. The number of ether oxygens (including phenoxy) is 1. The number of benzene rings is 1. The van der Waals surface area contributed by atoms with Gasteiger partial charge in [-0.15, -0.1) is 0 Å². The van der Waals surface area contributed by atoms with E-state index in [0.717, 1.165) is 23.6 Å². The van der Waals surface area contributed by atoms with Crippen molar-refractivity contribution < 1.29 is 4.74 Å². The number of aromatic nitrogens is 1. The van der Waals surface area contributed by atoms with Gasteiger partial charge < -0.3 is 10.1 Å². The number of hydrogen-bond acceptors (Lipinski definition) is 3. The van der Waals surface area contributed by atoms with E-state index in [-0.39, 0.29) is 0 Å². The molecule has 0 saturated carbocycles. The van der Waals surface area contributed by atoms with Crippen LogP contribution < -0.4 is 10.1 Å². The highest BCUT2D eigenvalue weighted by Gasteiger charge is 2.03. The van der Waals surface area contributed by atoms with E-state index in [2.05, 4.69) is 36.3 Å². The van der Waals surface area contributed by atoms with Gasteiger partial charge in [0, 0.05) is 12.7 Å². The summed E-state index contributed by atoms with van der Waals surface area (Å²) < 4.78 is 5.87. The Morgan fingerprint density at radius 3 is 2.74 bits per heavy atom. The predicted octanol–water partition coefficient (Wildman–Crippen LogP) is 3.72. The summed E-state index contributed by atoms with van der Waals surface area (Å²) in [6.45, 7) is 5.14. The first kappa shape index (κ1) is 13.6. The highest BCUT2D eigenvalue weighted by Crippen LogP contribution is 2.25. The Hall–Kier alpha value is -1.87. The maximum Gasteiger partial charge on any atom is 0.146 e. The van der Waals surface area contributed by atoms with Gasteiger partial charge >= 0.3 is 0 Å². The van der Waals surface area contributed by atoms with Crippen molar-refractivity contribution in [2.45, 2.75) is 26.3 Å².